The minimum atomic E-state index is -3.83. The van der Waals surface area contributed by atoms with Crippen LogP contribution in [0.3, 0.4) is 0 Å². The summed E-state index contributed by atoms with van der Waals surface area (Å²) in [6.45, 7) is 4.84. The maximum absolute atomic E-state index is 12.7. The van der Waals surface area contributed by atoms with Gasteiger partial charge in [0, 0.05) is 6.92 Å². The molecule has 5 nitrogen and oxygen atoms in total. The molecule has 0 fully saturated rings. The smallest absolute Gasteiger partial charge is 1.00 e. The first-order chi connectivity index (χ1) is 9.90. The maximum atomic E-state index is 12.7. The number of carbonyl (C=O) groups is 2. The first-order valence-electron chi connectivity index (χ1n) is 6.96. The van der Waals surface area contributed by atoms with Crippen molar-refractivity contribution in [2.24, 2.45) is 5.92 Å². The van der Waals surface area contributed by atoms with Gasteiger partial charge in [0.05, 0.1) is 12.1 Å². The molecule has 8 heteroatoms. The van der Waals surface area contributed by atoms with E-state index in [1.54, 1.807) is 24.3 Å². The van der Waals surface area contributed by atoms with E-state index in [4.69, 9.17) is 9.05 Å². The normalized spacial score (nSPS) is 12.3. The molecule has 0 saturated carbocycles. The molecule has 0 heterocycles. The van der Waals surface area contributed by atoms with Crippen molar-refractivity contribution in [1.82, 2.24) is 0 Å². The Labute approximate surface area is 161 Å². The number of hydrogen-bond acceptors (Lipinski definition) is 5. The topological polar surface area (TPSA) is 69.7 Å². The van der Waals surface area contributed by atoms with Crippen LogP contribution >= 0.6 is 7.60 Å². The van der Waals surface area contributed by atoms with Crippen molar-refractivity contribution in [3.63, 3.8) is 0 Å². The molecule has 0 radical (unpaired) electrons. The van der Waals surface area contributed by atoms with E-state index in [2.05, 4.69) is 0 Å². The Morgan fingerprint density at radius 3 is 2.09 bits per heavy atom. The molecule has 0 aromatic heterocycles. The van der Waals surface area contributed by atoms with Crippen LogP contribution < -0.4 is 18.9 Å². The molecule has 0 N–H and O–H groups in total. The fourth-order valence-electron chi connectivity index (χ4n) is 1.92. The molecule has 1 rings (SSSR count). The summed E-state index contributed by atoms with van der Waals surface area (Å²) in [5, 5.41) is 0. The van der Waals surface area contributed by atoms with Gasteiger partial charge in [-0.2, -0.15) is 0 Å². The zero-order chi connectivity index (χ0) is 15.9. The summed E-state index contributed by atoms with van der Waals surface area (Å²) in [4.78, 5) is 23.2. The Kier molecular flexibility index (Phi) is 12.9. The Morgan fingerprint density at radius 2 is 1.65 bits per heavy atom. The van der Waals surface area contributed by atoms with Crippen molar-refractivity contribution in [3.8, 4) is 0 Å². The Bertz CT molecular complexity index is 540. The summed E-state index contributed by atoms with van der Waals surface area (Å²) >= 11 is 0. The van der Waals surface area contributed by atoms with Gasteiger partial charge in [-0.3, -0.25) is 9.59 Å². The molecule has 0 amide bonds. The van der Waals surface area contributed by atoms with E-state index in [1.165, 1.54) is 0 Å². The molecule has 1 aromatic carbocycles. The molecule has 0 aliphatic carbocycles. The third-order valence-corrected chi connectivity index (χ3v) is 4.78. The van der Waals surface area contributed by atoms with Crippen molar-refractivity contribution in [2.75, 3.05) is 0 Å². The Balaban J connectivity index is -0.00000147. The van der Waals surface area contributed by atoms with E-state index >= 15 is 0 Å². The maximum Gasteiger partial charge on any atom is 1.00 e. The van der Waals surface area contributed by atoms with E-state index in [1.807, 2.05) is 19.9 Å². The summed E-state index contributed by atoms with van der Waals surface area (Å²) in [5.74, 6) is -1.66. The third kappa shape index (κ3) is 8.80. The molecule has 0 aliphatic rings. The van der Waals surface area contributed by atoms with Crippen LogP contribution in [-0.4, -0.2) is 29.3 Å². The van der Waals surface area contributed by atoms with E-state index < -0.39 is 19.5 Å². The first-order valence-corrected chi connectivity index (χ1v) is 8.69. The van der Waals surface area contributed by atoms with Gasteiger partial charge in [-0.05, 0) is 18.4 Å². The van der Waals surface area contributed by atoms with Crippen LogP contribution in [0.1, 0.15) is 40.6 Å². The monoisotopic (exact) mass is 350 g/mol. The molecule has 0 bridgehead atoms. The van der Waals surface area contributed by atoms with E-state index in [9.17, 15) is 14.2 Å². The molecule has 1 unspecified atom stereocenters. The van der Waals surface area contributed by atoms with Gasteiger partial charge in [0.15, 0.2) is 17.4 Å². The van der Waals surface area contributed by atoms with E-state index in [0.717, 1.165) is 6.92 Å². The molecule has 0 saturated heterocycles. The molecule has 1 atom stereocenters. The molecule has 124 valence electrons. The third-order valence-electron chi connectivity index (χ3n) is 3.03. The van der Waals surface area contributed by atoms with Crippen LogP contribution in [-0.2, 0) is 29.4 Å². The van der Waals surface area contributed by atoms with Gasteiger partial charge < -0.3 is 10.5 Å². The first kappa shape index (κ1) is 24.8. The fraction of sp³-hybridized carbons (Fsp3) is 0.467. The average molecular weight is 350 g/mol. The summed E-state index contributed by atoms with van der Waals surface area (Å²) in [6.07, 6.45) is 1.06. The molecule has 1 aromatic rings. The van der Waals surface area contributed by atoms with Crippen molar-refractivity contribution in [2.45, 2.75) is 39.8 Å². The summed E-state index contributed by atoms with van der Waals surface area (Å²) in [7, 11) is -3.83. The van der Waals surface area contributed by atoms with Gasteiger partial charge in [0.25, 0.3) is 0 Å². The number of carbonyl (C=O) groups excluding carboxylic acids is 2. The number of rotatable bonds is 7. The Morgan fingerprint density at radius 1 is 1.13 bits per heavy atom. The Hall–Kier alpha value is -0.480. The molecule has 23 heavy (non-hydrogen) atoms. The predicted molar refractivity (Wildman–Crippen MR) is 90.7 cm³/mol. The molecule has 0 aliphatic heterocycles. The van der Waals surface area contributed by atoms with Gasteiger partial charge in [0.2, 0.25) is 0 Å². The fourth-order valence-corrected chi connectivity index (χ4v) is 3.56. The van der Waals surface area contributed by atoms with Crippen molar-refractivity contribution in [3.05, 3.63) is 35.9 Å². The van der Waals surface area contributed by atoms with Crippen LogP contribution in [0.5, 0.6) is 0 Å². The van der Waals surface area contributed by atoms with E-state index in [0.29, 0.717) is 18.4 Å². The van der Waals surface area contributed by atoms with Crippen LogP contribution in [0, 0.1) is 5.92 Å². The minimum Gasteiger partial charge on any atom is -1.00 e. The second-order valence-electron chi connectivity index (χ2n) is 4.76. The zero-order valence-electron chi connectivity index (χ0n) is 14.6. The predicted octanol–water partition coefficient (Wildman–Crippen LogP) is -0.145. The van der Waals surface area contributed by atoms with Gasteiger partial charge in [-0.15, -0.1) is 0 Å². The van der Waals surface area contributed by atoms with Gasteiger partial charge in [-0.25, -0.2) is 4.57 Å². The minimum absolute atomic E-state index is 0. The van der Waals surface area contributed by atoms with Gasteiger partial charge in [0.1, 0.15) is 0 Å². The second kappa shape index (κ2) is 12.0. The van der Waals surface area contributed by atoms with Crippen LogP contribution in [0.15, 0.2) is 30.3 Å². The van der Waals surface area contributed by atoms with Gasteiger partial charge in [-0.1, -0.05) is 44.2 Å². The largest absolute Gasteiger partial charge is 1.00 e. The zero-order valence-corrected chi connectivity index (χ0v) is 14.5. The number of hydrogen-bond donors (Lipinski definition) is 0. The molecular weight excluding hydrogens is 325 g/mol. The van der Waals surface area contributed by atoms with Gasteiger partial charge >= 0.3 is 38.4 Å². The summed E-state index contributed by atoms with van der Waals surface area (Å²) < 4.78 is 22.5. The van der Waals surface area contributed by atoms with E-state index in [-0.39, 0.29) is 49.7 Å². The quantitative estimate of drug-likeness (QED) is 0.506. The number of benzene rings is 1. The summed E-state index contributed by atoms with van der Waals surface area (Å²) in [5.41, 5.74) is 0.680. The molecular formula is C15H25AlLiO5P. The standard InChI is InChI=1S/C15H21O5P.Al.Li.4H/c1-4-14(5-2)15(17)20-21(18,19-12(3)16)11-13-9-7-6-8-10-13;;;;;;/h6-10,14H,4-5,11H2,1-3H3;;;;;;/q;;+1;;;;-1. The summed E-state index contributed by atoms with van der Waals surface area (Å²) in [6, 6.07) is 8.84. The molecule has 0 spiro atoms. The van der Waals surface area contributed by atoms with Crippen molar-refractivity contribution in [1.29, 1.82) is 0 Å². The van der Waals surface area contributed by atoms with Crippen LogP contribution in [0.4, 0.5) is 0 Å². The van der Waals surface area contributed by atoms with Crippen LogP contribution in [0.2, 0.25) is 0 Å². The van der Waals surface area contributed by atoms with Crippen LogP contribution in [0.25, 0.3) is 0 Å². The average Bonchev–Trinajstić information content (AvgIpc) is 2.39. The second-order valence-corrected chi connectivity index (χ2v) is 6.66. The SMILES string of the molecule is CCC(CC)C(=O)OP(=O)(Cc1ccccc1)OC(C)=O.[AlH3].[H-].[Li+]. The van der Waals surface area contributed by atoms with Crippen molar-refractivity contribution >= 4 is 36.9 Å². The van der Waals surface area contributed by atoms with Crippen molar-refractivity contribution < 1.29 is 43.5 Å².